The predicted octanol–water partition coefficient (Wildman–Crippen LogP) is 3.09. The highest BCUT2D eigenvalue weighted by atomic mass is 15.3. The molecule has 2 aliphatic heterocycles. The second kappa shape index (κ2) is 4.93. The number of hydrogen-bond donors (Lipinski definition) is 0. The highest BCUT2D eigenvalue weighted by molar-refractivity contribution is 5.50. The van der Waals surface area contributed by atoms with Gasteiger partial charge in [-0.15, -0.1) is 0 Å². The van der Waals surface area contributed by atoms with Crippen molar-refractivity contribution in [2.24, 2.45) is 0 Å². The summed E-state index contributed by atoms with van der Waals surface area (Å²) in [5, 5.41) is 0. The minimum Gasteiger partial charge on any atom is -0.369 e. The third-order valence-corrected chi connectivity index (χ3v) is 4.49. The molecule has 0 spiro atoms. The molecule has 0 radical (unpaired) electrons. The minimum atomic E-state index is 0.623. The normalized spacial score (nSPS) is 24.6. The van der Waals surface area contributed by atoms with E-state index in [1.54, 1.807) is 0 Å². The number of piperazine rings is 1. The molecule has 1 atom stereocenters. The van der Waals surface area contributed by atoms with E-state index in [2.05, 4.69) is 47.9 Å². The van der Waals surface area contributed by atoms with E-state index in [-0.39, 0.29) is 0 Å². The third kappa shape index (κ3) is 2.26. The van der Waals surface area contributed by atoms with Crippen molar-refractivity contribution in [2.75, 3.05) is 31.1 Å². The maximum Gasteiger partial charge on any atom is 0.0370 e. The zero-order chi connectivity index (χ0) is 12.5. The smallest absolute Gasteiger partial charge is 0.0370 e. The van der Waals surface area contributed by atoms with E-state index in [9.17, 15) is 0 Å². The lowest BCUT2D eigenvalue weighted by molar-refractivity contribution is 0.231. The van der Waals surface area contributed by atoms with Crippen molar-refractivity contribution in [3.8, 4) is 0 Å². The molecule has 98 valence electrons. The average Bonchev–Trinajstić information content (AvgIpc) is 2.86. The summed E-state index contributed by atoms with van der Waals surface area (Å²) >= 11 is 0. The van der Waals surface area contributed by atoms with Gasteiger partial charge in [-0.2, -0.15) is 0 Å². The summed E-state index contributed by atoms with van der Waals surface area (Å²) < 4.78 is 0. The standard InChI is InChI=1S/C16H24N2/c1-13(2)14-5-3-6-15(11-14)18-10-9-17-8-4-7-16(17)12-18/h3,5-6,11,13,16H,4,7-10,12H2,1-2H3. The Hall–Kier alpha value is -1.02. The Morgan fingerprint density at radius 1 is 1.17 bits per heavy atom. The molecule has 3 rings (SSSR count). The van der Waals surface area contributed by atoms with Gasteiger partial charge in [0.25, 0.3) is 0 Å². The SMILES string of the molecule is CC(C)c1cccc(N2CCN3CCCC3C2)c1. The lowest BCUT2D eigenvalue weighted by atomic mass is 10.0. The molecule has 2 aliphatic rings. The molecule has 0 bridgehead atoms. The van der Waals surface area contributed by atoms with Crippen LogP contribution in [0.2, 0.25) is 0 Å². The van der Waals surface area contributed by atoms with E-state index in [4.69, 9.17) is 0 Å². The van der Waals surface area contributed by atoms with E-state index in [1.807, 2.05) is 0 Å². The van der Waals surface area contributed by atoms with Crippen molar-refractivity contribution in [1.29, 1.82) is 0 Å². The van der Waals surface area contributed by atoms with Gasteiger partial charge < -0.3 is 4.90 Å². The van der Waals surface area contributed by atoms with Gasteiger partial charge in [0.2, 0.25) is 0 Å². The van der Waals surface area contributed by atoms with Crippen LogP contribution in [0.4, 0.5) is 5.69 Å². The first kappa shape index (κ1) is 12.0. The number of benzene rings is 1. The second-order valence-corrected chi connectivity index (χ2v) is 6.03. The zero-order valence-electron chi connectivity index (χ0n) is 11.6. The average molecular weight is 244 g/mol. The molecule has 18 heavy (non-hydrogen) atoms. The van der Waals surface area contributed by atoms with Crippen LogP contribution in [0.1, 0.15) is 38.2 Å². The van der Waals surface area contributed by atoms with Crippen LogP contribution in [0.3, 0.4) is 0 Å². The van der Waals surface area contributed by atoms with Crippen LogP contribution in [-0.4, -0.2) is 37.1 Å². The third-order valence-electron chi connectivity index (χ3n) is 4.49. The lowest BCUT2D eigenvalue weighted by Gasteiger charge is -2.39. The van der Waals surface area contributed by atoms with Gasteiger partial charge in [0.15, 0.2) is 0 Å². The summed E-state index contributed by atoms with van der Waals surface area (Å²) in [6.45, 7) is 9.53. The maximum atomic E-state index is 2.67. The molecule has 2 fully saturated rings. The van der Waals surface area contributed by atoms with Gasteiger partial charge in [-0.25, -0.2) is 0 Å². The zero-order valence-corrected chi connectivity index (χ0v) is 11.6. The molecule has 1 unspecified atom stereocenters. The van der Waals surface area contributed by atoms with Gasteiger partial charge in [-0.1, -0.05) is 26.0 Å². The number of nitrogens with zero attached hydrogens (tertiary/aromatic N) is 2. The number of rotatable bonds is 2. The first-order valence-corrected chi connectivity index (χ1v) is 7.33. The second-order valence-electron chi connectivity index (χ2n) is 6.03. The Balaban J connectivity index is 1.76. The van der Waals surface area contributed by atoms with Crippen LogP contribution in [0.15, 0.2) is 24.3 Å². The summed E-state index contributed by atoms with van der Waals surface area (Å²) in [6.07, 6.45) is 2.78. The van der Waals surface area contributed by atoms with Gasteiger partial charge in [0.1, 0.15) is 0 Å². The van der Waals surface area contributed by atoms with E-state index < -0.39 is 0 Å². The molecule has 2 nitrogen and oxygen atoms in total. The Kier molecular flexibility index (Phi) is 3.29. The molecule has 0 aromatic heterocycles. The number of anilines is 1. The van der Waals surface area contributed by atoms with Crippen molar-refractivity contribution in [3.05, 3.63) is 29.8 Å². The largest absolute Gasteiger partial charge is 0.369 e. The van der Waals surface area contributed by atoms with Gasteiger partial charge in [0, 0.05) is 31.4 Å². The topological polar surface area (TPSA) is 6.48 Å². The van der Waals surface area contributed by atoms with Gasteiger partial charge in [-0.3, -0.25) is 4.90 Å². The summed E-state index contributed by atoms with van der Waals surface area (Å²) in [5.41, 5.74) is 2.88. The monoisotopic (exact) mass is 244 g/mol. The highest BCUT2D eigenvalue weighted by Gasteiger charge is 2.30. The Labute approximate surface area is 111 Å². The Morgan fingerprint density at radius 2 is 2.06 bits per heavy atom. The van der Waals surface area contributed by atoms with Gasteiger partial charge >= 0.3 is 0 Å². The highest BCUT2D eigenvalue weighted by Crippen LogP contribution is 2.27. The van der Waals surface area contributed by atoms with E-state index in [1.165, 1.54) is 50.3 Å². The van der Waals surface area contributed by atoms with Crippen LogP contribution >= 0.6 is 0 Å². The summed E-state index contributed by atoms with van der Waals surface area (Å²) in [4.78, 5) is 5.25. The summed E-state index contributed by atoms with van der Waals surface area (Å²) in [7, 11) is 0. The van der Waals surface area contributed by atoms with Crippen molar-refractivity contribution >= 4 is 5.69 Å². The lowest BCUT2D eigenvalue weighted by Crippen LogP contribution is -2.50. The minimum absolute atomic E-state index is 0.623. The van der Waals surface area contributed by atoms with E-state index >= 15 is 0 Å². The molecular formula is C16H24N2. The van der Waals surface area contributed by atoms with Gasteiger partial charge in [0.05, 0.1) is 0 Å². The van der Waals surface area contributed by atoms with Crippen LogP contribution in [-0.2, 0) is 0 Å². The van der Waals surface area contributed by atoms with E-state index in [0.29, 0.717) is 5.92 Å². The van der Waals surface area contributed by atoms with Crippen LogP contribution in [0.5, 0.6) is 0 Å². The molecule has 2 saturated heterocycles. The van der Waals surface area contributed by atoms with Crippen LogP contribution < -0.4 is 4.90 Å². The molecular weight excluding hydrogens is 220 g/mol. The predicted molar refractivity (Wildman–Crippen MR) is 77.3 cm³/mol. The Bertz CT molecular complexity index is 413. The van der Waals surface area contributed by atoms with Gasteiger partial charge in [-0.05, 0) is 43.0 Å². The van der Waals surface area contributed by atoms with Crippen molar-refractivity contribution in [3.63, 3.8) is 0 Å². The molecule has 0 N–H and O–H groups in total. The molecule has 1 aromatic rings. The number of hydrogen-bond acceptors (Lipinski definition) is 2. The van der Waals surface area contributed by atoms with Crippen molar-refractivity contribution in [1.82, 2.24) is 4.90 Å². The van der Waals surface area contributed by atoms with Crippen molar-refractivity contribution in [2.45, 2.75) is 38.6 Å². The fraction of sp³-hybridized carbons (Fsp3) is 0.625. The van der Waals surface area contributed by atoms with E-state index in [0.717, 1.165) is 6.04 Å². The molecule has 2 heteroatoms. The molecule has 0 amide bonds. The fourth-order valence-corrected chi connectivity index (χ4v) is 3.31. The summed E-state index contributed by atoms with van der Waals surface area (Å²) in [6, 6.07) is 9.93. The molecule has 0 saturated carbocycles. The molecule has 2 heterocycles. The Morgan fingerprint density at radius 3 is 2.89 bits per heavy atom. The first-order chi connectivity index (χ1) is 8.74. The number of fused-ring (bicyclic) bond motifs is 1. The van der Waals surface area contributed by atoms with Crippen LogP contribution in [0, 0.1) is 0 Å². The maximum absolute atomic E-state index is 2.67. The van der Waals surface area contributed by atoms with Crippen LogP contribution in [0.25, 0.3) is 0 Å². The fourth-order valence-electron chi connectivity index (χ4n) is 3.31. The quantitative estimate of drug-likeness (QED) is 0.789. The molecule has 1 aromatic carbocycles. The molecule has 0 aliphatic carbocycles. The first-order valence-electron chi connectivity index (χ1n) is 7.33. The van der Waals surface area contributed by atoms with Crippen molar-refractivity contribution < 1.29 is 0 Å². The summed E-state index contributed by atoms with van der Waals surface area (Å²) in [5.74, 6) is 0.623.